The Bertz CT molecular complexity index is 1080. The Morgan fingerprint density at radius 2 is 1.59 bits per heavy atom. The molecule has 0 fully saturated rings. The Morgan fingerprint density at radius 3 is 2.19 bits per heavy atom. The number of carbonyl (C=O) groups excluding carboxylic acids is 2. The van der Waals surface area contributed by atoms with E-state index < -0.39 is 6.10 Å². The number of anilines is 2. The van der Waals surface area contributed by atoms with Crippen molar-refractivity contribution in [2.24, 2.45) is 0 Å². The number of nitrogens with one attached hydrogen (secondary N) is 2. The largest absolute Gasteiger partial charge is 0.495 e. The summed E-state index contributed by atoms with van der Waals surface area (Å²) in [5.41, 5.74) is 2.91. The van der Waals surface area contributed by atoms with E-state index in [1.807, 2.05) is 24.3 Å². The van der Waals surface area contributed by atoms with Crippen LogP contribution in [0.3, 0.4) is 0 Å². The van der Waals surface area contributed by atoms with Crippen LogP contribution in [0, 0.1) is 0 Å². The molecular weight excluding hydrogens is 428 g/mol. The summed E-state index contributed by atoms with van der Waals surface area (Å²) >= 11 is 6.09. The first-order valence-corrected chi connectivity index (χ1v) is 10.6. The second-order valence-corrected chi connectivity index (χ2v) is 7.53. The summed E-state index contributed by atoms with van der Waals surface area (Å²) in [5, 5.41) is 6.02. The van der Waals surface area contributed by atoms with Crippen LogP contribution in [0.15, 0.2) is 66.7 Å². The number of aryl methyl sites for hydroxylation is 1. The van der Waals surface area contributed by atoms with Crippen LogP contribution in [0.25, 0.3) is 0 Å². The molecule has 0 radical (unpaired) electrons. The zero-order chi connectivity index (χ0) is 23.1. The number of benzene rings is 3. The Hall–Kier alpha value is -3.51. The number of carbonyl (C=O) groups is 2. The van der Waals surface area contributed by atoms with Crippen molar-refractivity contribution in [2.45, 2.75) is 26.4 Å². The summed E-state index contributed by atoms with van der Waals surface area (Å²) in [6.45, 7) is 3.75. The quantitative estimate of drug-likeness (QED) is 0.468. The van der Waals surface area contributed by atoms with Crippen LogP contribution in [0.5, 0.6) is 11.5 Å². The number of methoxy groups -OCH3 is 1. The average molecular weight is 453 g/mol. The van der Waals surface area contributed by atoms with Crippen LogP contribution < -0.4 is 20.1 Å². The molecular formula is C25H25ClN2O4. The topological polar surface area (TPSA) is 76.7 Å². The van der Waals surface area contributed by atoms with Gasteiger partial charge in [-0.05, 0) is 73.5 Å². The zero-order valence-corrected chi connectivity index (χ0v) is 18.9. The van der Waals surface area contributed by atoms with Gasteiger partial charge in [0.05, 0.1) is 12.1 Å². The van der Waals surface area contributed by atoms with Crippen molar-refractivity contribution in [3.05, 3.63) is 82.9 Å². The highest BCUT2D eigenvalue weighted by atomic mass is 35.5. The first-order valence-electron chi connectivity index (χ1n) is 10.2. The Labute approximate surface area is 192 Å². The molecule has 32 heavy (non-hydrogen) atoms. The van der Waals surface area contributed by atoms with Crippen LogP contribution in [0.4, 0.5) is 11.4 Å². The molecule has 0 aliphatic rings. The number of hydrogen-bond donors (Lipinski definition) is 2. The third-order valence-corrected chi connectivity index (χ3v) is 5.13. The molecule has 0 aliphatic carbocycles. The zero-order valence-electron chi connectivity index (χ0n) is 18.1. The van der Waals surface area contributed by atoms with Crippen LogP contribution in [-0.4, -0.2) is 25.0 Å². The minimum absolute atomic E-state index is 0.257. The van der Waals surface area contributed by atoms with Gasteiger partial charge in [-0.1, -0.05) is 30.7 Å². The fourth-order valence-corrected chi connectivity index (χ4v) is 3.22. The van der Waals surface area contributed by atoms with Gasteiger partial charge in [0.2, 0.25) is 0 Å². The molecule has 6 nitrogen and oxygen atoms in total. The molecule has 0 spiro atoms. The second-order valence-electron chi connectivity index (χ2n) is 7.13. The predicted octanol–water partition coefficient (Wildman–Crippen LogP) is 5.57. The van der Waals surface area contributed by atoms with E-state index in [0.717, 1.165) is 6.42 Å². The van der Waals surface area contributed by atoms with Crippen molar-refractivity contribution < 1.29 is 19.1 Å². The van der Waals surface area contributed by atoms with Gasteiger partial charge in [-0.15, -0.1) is 0 Å². The van der Waals surface area contributed by atoms with Gasteiger partial charge in [-0.3, -0.25) is 9.59 Å². The molecule has 7 heteroatoms. The summed E-state index contributed by atoms with van der Waals surface area (Å²) in [6, 6.07) is 19.2. The molecule has 0 saturated heterocycles. The SMILES string of the molecule is CCc1ccc(NC(=O)C(C)Oc2ccc(C(=O)Nc3ccc(OC)c(Cl)c3)cc2)cc1. The molecule has 1 atom stereocenters. The van der Waals surface area contributed by atoms with E-state index in [1.54, 1.807) is 49.4 Å². The van der Waals surface area contributed by atoms with Gasteiger partial charge in [0.1, 0.15) is 11.5 Å². The Morgan fingerprint density at radius 1 is 0.938 bits per heavy atom. The Balaban J connectivity index is 1.56. The smallest absolute Gasteiger partial charge is 0.265 e. The predicted molar refractivity (Wildman–Crippen MR) is 127 cm³/mol. The molecule has 3 rings (SSSR count). The molecule has 3 aromatic carbocycles. The fourth-order valence-electron chi connectivity index (χ4n) is 2.96. The van der Waals surface area contributed by atoms with E-state index in [0.29, 0.717) is 33.5 Å². The number of hydrogen-bond acceptors (Lipinski definition) is 4. The maximum Gasteiger partial charge on any atom is 0.265 e. The van der Waals surface area contributed by atoms with E-state index in [4.69, 9.17) is 21.1 Å². The Kier molecular flexibility index (Phi) is 7.73. The summed E-state index contributed by atoms with van der Waals surface area (Å²) in [5.74, 6) is 0.465. The first kappa shape index (κ1) is 23.2. The van der Waals surface area contributed by atoms with Crippen LogP contribution in [-0.2, 0) is 11.2 Å². The van der Waals surface area contributed by atoms with Crippen molar-refractivity contribution in [2.75, 3.05) is 17.7 Å². The van der Waals surface area contributed by atoms with Crippen LogP contribution in [0.1, 0.15) is 29.8 Å². The van der Waals surface area contributed by atoms with Crippen LogP contribution in [0.2, 0.25) is 5.02 Å². The average Bonchev–Trinajstić information content (AvgIpc) is 2.80. The van der Waals surface area contributed by atoms with Gasteiger partial charge in [-0.25, -0.2) is 0 Å². The highest BCUT2D eigenvalue weighted by Gasteiger charge is 2.15. The third-order valence-electron chi connectivity index (χ3n) is 4.84. The first-order chi connectivity index (χ1) is 15.4. The molecule has 2 N–H and O–H groups in total. The molecule has 0 aromatic heterocycles. The second kappa shape index (κ2) is 10.7. The van der Waals surface area contributed by atoms with E-state index in [-0.39, 0.29) is 11.8 Å². The lowest BCUT2D eigenvalue weighted by Gasteiger charge is -2.15. The summed E-state index contributed by atoms with van der Waals surface area (Å²) < 4.78 is 10.8. The number of rotatable bonds is 8. The molecule has 0 bridgehead atoms. The van der Waals surface area contributed by atoms with Gasteiger partial charge >= 0.3 is 0 Å². The highest BCUT2D eigenvalue weighted by molar-refractivity contribution is 6.32. The lowest BCUT2D eigenvalue weighted by molar-refractivity contribution is -0.122. The molecule has 2 amide bonds. The number of ether oxygens (including phenoxy) is 2. The van der Waals surface area contributed by atoms with Gasteiger partial charge in [0.25, 0.3) is 11.8 Å². The van der Waals surface area contributed by atoms with E-state index in [1.165, 1.54) is 12.7 Å². The standard InChI is InChI=1S/C25H25ClN2O4/c1-4-17-5-9-19(10-6-17)27-24(29)16(2)32-21-12-7-18(8-13-21)25(30)28-20-11-14-23(31-3)22(26)15-20/h5-16H,4H2,1-3H3,(H,27,29)(H,28,30). The summed E-state index contributed by atoms with van der Waals surface area (Å²) in [6.07, 6.45) is 0.234. The minimum Gasteiger partial charge on any atom is -0.495 e. The molecule has 3 aromatic rings. The molecule has 166 valence electrons. The van der Waals surface area contributed by atoms with Gasteiger partial charge < -0.3 is 20.1 Å². The maximum atomic E-state index is 12.5. The number of amides is 2. The third kappa shape index (κ3) is 6.02. The lowest BCUT2D eigenvalue weighted by Crippen LogP contribution is -2.30. The van der Waals surface area contributed by atoms with Crippen molar-refractivity contribution >= 4 is 34.8 Å². The van der Waals surface area contributed by atoms with Gasteiger partial charge in [-0.2, -0.15) is 0 Å². The summed E-state index contributed by atoms with van der Waals surface area (Å²) in [4.78, 5) is 24.9. The number of halogens is 1. The normalized spacial score (nSPS) is 11.4. The lowest BCUT2D eigenvalue weighted by atomic mass is 10.1. The van der Waals surface area contributed by atoms with Crippen LogP contribution >= 0.6 is 11.6 Å². The van der Waals surface area contributed by atoms with Crippen molar-refractivity contribution in [3.8, 4) is 11.5 Å². The van der Waals surface area contributed by atoms with Crippen molar-refractivity contribution in [3.63, 3.8) is 0 Å². The minimum atomic E-state index is -0.707. The van der Waals surface area contributed by atoms with E-state index in [9.17, 15) is 9.59 Å². The molecule has 0 aliphatic heterocycles. The van der Waals surface area contributed by atoms with Gasteiger partial charge in [0.15, 0.2) is 6.10 Å². The summed E-state index contributed by atoms with van der Waals surface area (Å²) in [7, 11) is 1.53. The molecule has 0 saturated carbocycles. The van der Waals surface area contributed by atoms with E-state index >= 15 is 0 Å². The van der Waals surface area contributed by atoms with Gasteiger partial charge in [0, 0.05) is 16.9 Å². The maximum absolute atomic E-state index is 12.5. The monoisotopic (exact) mass is 452 g/mol. The molecule has 0 heterocycles. The van der Waals surface area contributed by atoms with E-state index in [2.05, 4.69) is 17.6 Å². The highest BCUT2D eigenvalue weighted by Crippen LogP contribution is 2.27. The molecule has 1 unspecified atom stereocenters. The van der Waals surface area contributed by atoms with Crippen molar-refractivity contribution in [1.29, 1.82) is 0 Å². The van der Waals surface area contributed by atoms with Crippen molar-refractivity contribution in [1.82, 2.24) is 0 Å². The fraction of sp³-hybridized carbons (Fsp3) is 0.200.